The number of amides is 2. The molecule has 2 aromatic carbocycles. The maximum absolute atomic E-state index is 13.0. The summed E-state index contributed by atoms with van der Waals surface area (Å²) < 4.78 is 6.99. The summed E-state index contributed by atoms with van der Waals surface area (Å²) in [6, 6.07) is 15.9. The second-order valence-electron chi connectivity index (χ2n) is 7.72. The van der Waals surface area contributed by atoms with Crippen LogP contribution in [-0.4, -0.2) is 27.5 Å². The Hall–Kier alpha value is -3.29. The molecule has 3 heterocycles. The summed E-state index contributed by atoms with van der Waals surface area (Å²) in [5.74, 6) is -0.708. The van der Waals surface area contributed by atoms with Crippen molar-refractivity contribution in [2.75, 3.05) is 6.54 Å². The summed E-state index contributed by atoms with van der Waals surface area (Å²) in [6.45, 7) is 1.55. The van der Waals surface area contributed by atoms with Crippen molar-refractivity contribution >= 4 is 57.6 Å². The zero-order chi connectivity index (χ0) is 21.5. The van der Waals surface area contributed by atoms with Crippen LogP contribution < -0.4 is 10.0 Å². The lowest BCUT2D eigenvalue weighted by Gasteiger charge is -2.04. The molecular weight excluding hydrogens is 408 g/mol. The van der Waals surface area contributed by atoms with Gasteiger partial charge in [-0.15, -0.1) is 0 Å². The fourth-order valence-corrected chi connectivity index (χ4v) is 4.63. The van der Waals surface area contributed by atoms with Crippen molar-refractivity contribution in [2.24, 2.45) is 7.05 Å². The number of aromatic nitrogens is 2. The predicted octanol–water partition coefficient (Wildman–Crippen LogP) is 3.52. The van der Waals surface area contributed by atoms with Gasteiger partial charge in [-0.3, -0.25) is 19.6 Å². The maximum Gasteiger partial charge on any atom is 0.259 e. The average molecular weight is 431 g/mol. The SMILES string of the molecule is Cn1cc(C2=C(c3cn(CCCNS)c4ccccc34)C(=O)NC2=O)c2ccccc21. The quantitative estimate of drug-likeness (QED) is 0.249. The minimum atomic E-state index is -0.354. The Kier molecular flexibility index (Phi) is 4.92. The number of rotatable bonds is 6. The van der Waals surface area contributed by atoms with Gasteiger partial charge in [0.25, 0.3) is 11.8 Å². The molecule has 31 heavy (non-hydrogen) atoms. The summed E-state index contributed by atoms with van der Waals surface area (Å²) in [5, 5.41) is 4.43. The first-order valence-corrected chi connectivity index (χ1v) is 10.6. The van der Waals surface area contributed by atoms with E-state index in [0.717, 1.165) is 52.4 Å². The minimum absolute atomic E-state index is 0.354. The number of para-hydroxylation sites is 2. The van der Waals surface area contributed by atoms with E-state index in [1.54, 1.807) is 0 Å². The Bertz CT molecular complexity index is 1380. The van der Waals surface area contributed by atoms with Gasteiger partial charge >= 0.3 is 0 Å². The lowest BCUT2D eigenvalue weighted by atomic mass is 9.95. The van der Waals surface area contributed by atoms with Crippen LogP contribution in [0.3, 0.4) is 0 Å². The summed E-state index contributed by atoms with van der Waals surface area (Å²) in [4.78, 5) is 26.0. The Balaban J connectivity index is 1.76. The van der Waals surface area contributed by atoms with Gasteiger partial charge in [-0.25, -0.2) is 0 Å². The molecule has 156 valence electrons. The fourth-order valence-electron chi connectivity index (χ4n) is 4.47. The molecule has 0 atom stereocenters. The molecule has 0 unspecified atom stereocenters. The number of fused-ring (bicyclic) bond motifs is 2. The van der Waals surface area contributed by atoms with E-state index in [0.29, 0.717) is 11.1 Å². The topological polar surface area (TPSA) is 68.1 Å². The van der Waals surface area contributed by atoms with Crippen molar-refractivity contribution in [2.45, 2.75) is 13.0 Å². The molecule has 2 N–H and O–H groups in total. The summed E-state index contributed by atoms with van der Waals surface area (Å²) in [5.41, 5.74) is 4.46. The van der Waals surface area contributed by atoms with Crippen LogP contribution >= 0.6 is 12.8 Å². The predicted molar refractivity (Wildman–Crippen MR) is 126 cm³/mol. The van der Waals surface area contributed by atoms with Crippen LogP contribution in [0, 0.1) is 0 Å². The van der Waals surface area contributed by atoms with Crippen molar-refractivity contribution in [3.63, 3.8) is 0 Å². The number of hydrogen-bond acceptors (Lipinski definition) is 4. The van der Waals surface area contributed by atoms with Crippen LogP contribution in [0.4, 0.5) is 0 Å². The smallest absolute Gasteiger partial charge is 0.259 e. The number of imide groups is 1. The lowest BCUT2D eigenvalue weighted by Crippen LogP contribution is -2.22. The number of benzene rings is 2. The molecule has 0 radical (unpaired) electrons. The number of hydrogen-bond donors (Lipinski definition) is 3. The summed E-state index contributed by atoms with van der Waals surface area (Å²) in [6.07, 6.45) is 4.81. The number of aryl methyl sites for hydroxylation is 2. The highest BCUT2D eigenvalue weighted by atomic mass is 32.1. The maximum atomic E-state index is 13.0. The first kappa shape index (κ1) is 19.7. The molecule has 6 nitrogen and oxygen atoms in total. The molecule has 5 rings (SSSR count). The highest BCUT2D eigenvalue weighted by Crippen LogP contribution is 2.38. The van der Waals surface area contributed by atoms with Gasteiger partial charge in [-0.1, -0.05) is 49.2 Å². The van der Waals surface area contributed by atoms with Gasteiger partial charge in [0.1, 0.15) is 0 Å². The van der Waals surface area contributed by atoms with E-state index in [-0.39, 0.29) is 11.8 Å². The van der Waals surface area contributed by atoms with Crippen molar-refractivity contribution in [1.29, 1.82) is 0 Å². The third kappa shape index (κ3) is 3.17. The zero-order valence-electron chi connectivity index (χ0n) is 17.1. The minimum Gasteiger partial charge on any atom is -0.350 e. The Labute approximate surface area is 185 Å². The molecular formula is C24H22N4O2S. The molecule has 1 aliphatic rings. The number of thiol groups is 1. The number of nitrogens with zero attached hydrogens (tertiary/aromatic N) is 2. The summed E-state index contributed by atoms with van der Waals surface area (Å²) >= 11 is 4.06. The Morgan fingerprint density at radius 2 is 1.45 bits per heavy atom. The summed E-state index contributed by atoms with van der Waals surface area (Å²) in [7, 11) is 1.95. The highest BCUT2D eigenvalue weighted by molar-refractivity contribution is 7.78. The van der Waals surface area contributed by atoms with Crippen LogP contribution in [0.1, 0.15) is 17.5 Å². The molecule has 0 bridgehead atoms. The van der Waals surface area contributed by atoms with Crippen molar-refractivity contribution in [1.82, 2.24) is 19.2 Å². The normalized spacial score (nSPS) is 14.3. The van der Waals surface area contributed by atoms with Gasteiger partial charge < -0.3 is 9.13 Å². The van der Waals surface area contributed by atoms with Crippen LogP contribution in [0.5, 0.6) is 0 Å². The first-order valence-electron chi connectivity index (χ1n) is 10.2. The van der Waals surface area contributed by atoms with Gasteiger partial charge in [0.05, 0.1) is 11.1 Å². The van der Waals surface area contributed by atoms with E-state index in [9.17, 15) is 9.59 Å². The third-order valence-corrected chi connectivity index (χ3v) is 6.07. The lowest BCUT2D eigenvalue weighted by molar-refractivity contribution is -0.122. The van der Waals surface area contributed by atoms with Crippen LogP contribution in [0.15, 0.2) is 60.9 Å². The largest absolute Gasteiger partial charge is 0.350 e. The fraction of sp³-hybridized carbons (Fsp3) is 0.167. The van der Waals surface area contributed by atoms with Gasteiger partial charge in [0, 0.05) is 65.5 Å². The van der Waals surface area contributed by atoms with Crippen molar-refractivity contribution in [3.8, 4) is 0 Å². The molecule has 0 aliphatic carbocycles. The van der Waals surface area contributed by atoms with E-state index >= 15 is 0 Å². The van der Waals surface area contributed by atoms with Gasteiger partial charge in [0.15, 0.2) is 0 Å². The Morgan fingerprint density at radius 3 is 2.13 bits per heavy atom. The number of carbonyl (C=O) groups excluding carboxylic acids is 2. The number of carbonyl (C=O) groups is 2. The van der Waals surface area contributed by atoms with E-state index in [1.807, 2.05) is 72.5 Å². The van der Waals surface area contributed by atoms with Crippen LogP contribution in [0.25, 0.3) is 33.0 Å². The third-order valence-electron chi connectivity index (χ3n) is 5.84. The number of nitrogens with one attached hydrogen (secondary N) is 2. The van der Waals surface area contributed by atoms with Crippen molar-refractivity contribution < 1.29 is 9.59 Å². The zero-order valence-corrected chi connectivity index (χ0v) is 17.9. The molecule has 0 fully saturated rings. The highest BCUT2D eigenvalue weighted by Gasteiger charge is 2.35. The molecule has 2 amide bonds. The monoisotopic (exact) mass is 430 g/mol. The van der Waals surface area contributed by atoms with E-state index in [1.165, 1.54) is 0 Å². The van der Waals surface area contributed by atoms with Gasteiger partial charge in [-0.2, -0.15) is 0 Å². The molecule has 1 aliphatic heterocycles. The standard InChI is InChI=1S/C24H22N4O2S/c1-27-13-17(15-7-2-4-9-19(15)27)21-22(24(30)26-23(21)29)18-14-28(12-6-11-25-31)20-10-5-3-8-16(18)20/h2-5,7-10,13-14,25,31H,6,11-12H2,1H3,(H,26,29,30). The average Bonchev–Trinajstić information content (AvgIpc) is 3.39. The molecule has 7 heteroatoms. The molecule has 0 saturated carbocycles. The molecule has 0 saturated heterocycles. The van der Waals surface area contributed by atoms with Gasteiger partial charge in [-0.05, 0) is 18.6 Å². The Morgan fingerprint density at radius 1 is 0.871 bits per heavy atom. The first-order chi connectivity index (χ1) is 15.1. The van der Waals surface area contributed by atoms with E-state index in [4.69, 9.17) is 0 Å². The van der Waals surface area contributed by atoms with E-state index < -0.39 is 0 Å². The van der Waals surface area contributed by atoms with E-state index in [2.05, 4.69) is 27.4 Å². The molecule has 0 spiro atoms. The second kappa shape index (κ2) is 7.76. The molecule has 4 aromatic rings. The second-order valence-corrected chi connectivity index (χ2v) is 8.04. The molecule has 2 aromatic heterocycles. The van der Waals surface area contributed by atoms with Crippen LogP contribution in [0.2, 0.25) is 0 Å². The van der Waals surface area contributed by atoms with Gasteiger partial charge in [0.2, 0.25) is 0 Å². The van der Waals surface area contributed by atoms with Crippen LogP contribution in [-0.2, 0) is 23.2 Å². The van der Waals surface area contributed by atoms with Crippen molar-refractivity contribution in [3.05, 3.63) is 72.1 Å².